The Bertz CT molecular complexity index is 253. The third-order valence-corrected chi connectivity index (χ3v) is 2.62. The van der Waals surface area contributed by atoms with Gasteiger partial charge in [0.15, 0.2) is 0 Å². The van der Waals surface area contributed by atoms with E-state index in [-0.39, 0.29) is 31.4 Å². The zero-order valence-electron chi connectivity index (χ0n) is 17.7. The summed E-state index contributed by atoms with van der Waals surface area (Å²) in [6.45, 7) is 27.8. The Morgan fingerprint density at radius 3 is 1.22 bits per heavy atom. The first-order valence-corrected chi connectivity index (χ1v) is 15.7. The van der Waals surface area contributed by atoms with Gasteiger partial charge in [-0.25, -0.2) is 0 Å². The maximum Gasteiger partial charge on any atom is 3.00 e. The standard InChI is InChI=1S/C9H20N3.2C4H11Si.Sc/c1-9(10-2)7-11(3)5-6-12(4)8-9;2*1-5(2,3)4;/h5-8H2,1-4H3;2*1H2,2-4H3;/q3*-1;+3. The molecule has 0 bridgehead atoms. The molecule has 136 valence electrons. The molecule has 0 spiro atoms. The zero-order valence-corrected chi connectivity index (χ0v) is 21.5. The third kappa shape index (κ3) is 28.3. The summed E-state index contributed by atoms with van der Waals surface area (Å²) in [5.74, 6) is 0. The van der Waals surface area contributed by atoms with Crippen LogP contribution in [0.25, 0.3) is 5.32 Å². The number of rotatable bonds is 1. The molecule has 0 unspecified atom stereocenters. The van der Waals surface area contributed by atoms with E-state index in [0.29, 0.717) is 0 Å². The molecule has 1 aliphatic rings. The summed E-state index contributed by atoms with van der Waals surface area (Å²) in [6, 6.07) is 0. The number of nitrogens with zero attached hydrogens (tertiary/aromatic N) is 3. The zero-order chi connectivity index (χ0) is 18.2. The summed E-state index contributed by atoms with van der Waals surface area (Å²) in [5, 5.41) is 4.46. The summed E-state index contributed by atoms with van der Waals surface area (Å²) in [7, 11) is 4.54. The number of hydrogen-bond acceptors (Lipinski definition) is 2. The molecule has 1 rings (SSSR count). The van der Waals surface area contributed by atoms with Gasteiger partial charge in [0.25, 0.3) is 0 Å². The largest absolute Gasteiger partial charge is 3.00 e. The Morgan fingerprint density at radius 1 is 0.826 bits per heavy atom. The number of likely N-dealkylation sites (N-methyl/N-ethyl adjacent to an activating group) is 3. The van der Waals surface area contributed by atoms with E-state index in [9.17, 15) is 0 Å². The van der Waals surface area contributed by atoms with E-state index in [4.69, 9.17) is 0 Å². The van der Waals surface area contributed by atoms with E-state index < -0.39 is 16.1 Å². The number of hydrogen-bond donors (Lipinski definition) is 0. The van der Waals surface area contributed by atoms with Crippen LogP contribution in [-0.4, -0.2) is 78.8 Å². The van der Waals surface area contributed by atoms with Crippen LogP contribution in [0.1, 0.15) is 6.92 Å². The van der Waals surface area contributed by atoms with Crippen molar-refractivity contribution >= 4 is 16.1 Å². The van der Waals surface area contributed by atoms with E-state index in [1.165, 1.54) is 0 Å². The molecule has 1 heterocycles. The van der Waals surface area contributed by atoms with E-state index in [1.807, 2.05) is 7.05 Å². The Morgan fingerprint density at radius 2 is 1.04 bits per heavy atom. The van der Waals surface area contributed by atoms with Gasteiger partial charge in [0.2, 0.25) is 0 Å². The first-order valence-electron chi connectivity index (χ1n) is 8.24. The van der Waals surface area contributed by atoms with Crippen molar-refractivity contribution in [2.75, 3.05) is 47.3 Å². The van der Waals surface area contributed by atoms with Crippen molar-refractivity contribution in [3.8, 4) is 0 Å². The SMILES string of the molecule is C[N-]C1(C)CN(C)CCN(C)C1.[CH2-][Si](C)(C)C.[CH2-][Si](C)(C)C.[Sc+3]. The normalized spacial score (nSPS) is 19.3. The average molecular weight is 390 g/mol. The van der Waals surface area contributed by atoms with Crippen LogP contribution >= 0.6 is 0 Å². The van der Waals surface area contributed by atoms with Crippen molar-refractivity contribution in [2.45, 2.75) is 51.7 Å². The fraction of sp³-hybridized carbons (Fsp3) is 0.882. The van der Waals surface area contributed by atoms with Gasteiger partial charge in [0, 0.05) is 13.1 Å². The fourth-order valence-electron chi connectivity index (χ4n) is 1.85. The van der Waals surface area contributed by atoms with Gasteiger partial charge in [0.05, 0.1) is 0 Å². The van der Waals surface area contributed by atoms with Crippen LogP contribution in [0.5, 0.6) is 0 Å². The minimum atomic E-state index is -0.861. The molecule has 0 aromatic carbocycles. The van der Waals surface area contributed by atoms with Crippen molar-refractivity contribution < 1.29 is 25.8 Å². The molecule has 0 atom stereocenters. The molecule has 0 saturated carbocycles. The Balaban J connectivity index is -0.000000307. The quantitative estimate of drug-likeness (QED) is 0.499. The van der Waals surface area contributed by atoms with Gasteiger partial charge in [-0.3, -0.25) is 0 Å². The van der Waals surface area contributed by atoms with E-state index in [2.05, 4.69) is 88.5 Å². The van der Waals surface area contributed by atoms with Crippen molar-refractivity contribution in [1.82, 2.24) is 9.80 Å². The molecule has 0 aliphatic carbocycles. The second kappa shape index (κ2) is 12.5. The summed E-state index contributed by atoms with van der Waals surface area (Å²) in [4.78, 5) is 4.72. The Hall–Kier alpha value is 1.18. The summed E-state index contributed by atoms with van der Waals surface area (Å²) in [6.07, 6.45) is 0. The van der Waals surface area contributed by atoms with Crippen molar-refractivity contribution in [3.05, 3.63) is 18.4 Å². The molecule has 0 aromatic heterocycles. The topological polar surface area (TPSA) is 20.6 Å². The van der Waals surface area contributed by atoms with Gasteiger partial charge in [-0.2, -0.15) is 7.05 Å². The third-order valence-electron chi connectivity index (χ3n) is 2.62. The van der Waals surface area contributed by atoms with Gasteiger partial charge in [0.1, 0.15) is 0 Å². The van der Waals surface area contributed by atoms with Gasteiger partial charge in [-0.05, 0) is 27.2 Å². The molecule has 1 saturated heterocycles. The molecule has 0 aromatic rings. The Kier molecular flexibility index (Phi) is 15.8. The van der Waals surface area contributed by atoms with Crippen LogP contribution in [0, 0.1) is 13.1 Å². The minimum Gasteiger partial charge on any atom is -0.658 e. The molecular weight excluding hydrogens is 347 g/mol. The molecule has 1 fully saturated rings. The van der Waals surface area contributed by atoms with Gasteiger partial charge in [-0.1, -0.05) is 46.2 Å². The van der Waals surface area contributed by atoms with Crippen molar-refractivity contribution in [3.63, 3.8) is 0 Å². The van der Waals surface area contributed by atoms with E-state index >= 15 is 0 Å². The van der Waals surface area contributed by atoms with Crippen molar-refractivity contribution in [1.29, 1.82) is 0 Å². The maximum absolute atomic E-state index is 4.46. The molecule has 3 nitrogen and oxygen atoms in total. The molecular formula is C17H42N3ScSi2. The maximum atomic E-state index is 4.46. The second-order valence-electron chi connectivity index (χ2n) is 9.32. The van der Waals surface area contributed by atoms with Gasteiger partial charge >= 0.3 is 25.8 Å². The Labute approximate surface area is 168 Å². The molecule has 6 heteroatoms. The van der Waals surface area contributed by atoms with Crippen LogP contribution in [0.2, 0.25) is 39.3 Å². The summed E-state index contributed by atoms with van der Waals surface area (Å²) >= 11 is 0. The molecule has 0 N–H and O–H groups in total. The molecule has 1 aliphatic heterocycles. The monoisotopic (exact) mass is 389 g/mol. The smallest absolute Gasteiger partial charge is 0.658 e. The summed E-state index contributed by atoms with van der Waals surface area (Å²) in [5.41, 5.74) is 0.125. The molecule has 23 heavy (non-hydrogen) atoms. The van der Waals surface area contributed by atoms with Crippen LogP contribution in [0.3, 0.4) is 0 Å². The minimum absolute atomic E-state index is 0. The van der Waals surface area contributed by atoms with Gasteiger partial charge in [-0.15, -0.1) is 21.7 Å². The molecule has 0 amide bonds. The van der Waals surface area contributed by atoms with E-state index in [1.54, 1.807) is 0 Å². The van der Waals surface area contributed by atoms with Gasteiger partial charge < -0.3 is 28.2 Å². The van der Waals surface area contributed by atoms with Crippen LogP contribution in [-0.2, 0) is 25.8 Å². The predicted octanol–water partition coefficient (Wildman–Crippen LogP) is 4.02. The average Bonchev–Trinajstić information content (AvgIpc) is 2.33. The van der Waals surface area contributed by atoms with Crippen LogP contribution in [0.15, 0.2) is 0 Å². The van der Waals surface area contributed by atoms with Crippen LogP contribution < -0.4 is 0 Å². The van der Waals surface area contributed by atoms with Crippen molar-refractivity contribution in [2.24, 2.45) is 0 Å². The van der Waals surface area contributed by atoms with Crippen LogP contribution in [0.4, 0.5) is 0 Å². The predicted molar refractivity (Wildman–Crippen MR) is 110 cm³/mol. The van der Waals surface area contributed by atoms with E-state index in [0.717, 1.165) is 26.2 Å². The molecule has 0 radical (unpaired) electrons. The first-order chi connectivity index (χ1) is 9.56. The second-order valence-corrected chi connectivity index (χ2v) is 19.6. The fourth-order valence-corrected chi connectivity index (χ4v) is 1.85. The first kappa shape index (κ1) is 29.0. The summed E-state index contributed by atoms with van der Waals surface area (Å²) < 4.78 is 0.